The fraction of sp³-hybridized carbons (Fsp3) is 0.300. The van der Waals surface area contributed by atoms with Gasteiger partial charge in [-0.15, -0.1) is 11.3 Å². The first-order chi connectivity index (χ1) is 6.77. The highest BCUT2D eigenvalue weighted by molar-refractivity contribution is 7.17. The van der Waals surface area contributed by atoms with Crippen LogP contribution in [0, 0.1) is 0 Å². The Hall–Kier alpha value is -1.29. The number of nitrogens with zero attached hydrogens (tertiary/aromatic N) is 1. The van der Waals surface area contributed by atoms with E-state index in [9.17, 15) is 4.79 Å². The van der Waals surface area contributed by atoms with Crippen molar-refractivity contribution in [1.82, 2.24) is 0 Å². The second-order valence-electron chi connectivity index (χ2n) is 3.15. The summed E-state index contributed by atoms with van der Waals surface area (Å²) in [5.74, 6) is -0.839. The third-order valence-corrected chi connectivity index (χ3v) is 3.31. The van der Waals surface area contributed by atoms with Crippen molar-refractivity contribution in [2.45, 2.75) is 6.42 Å². The first kappa shape index (κ1) is 9.27. The molecule has 1 aromatic rings. The molecule has 0 unspecified atom stereocenters. The van der Waals surface area contributed by atoms with Crippen LogP contribution in [0.15, 0.2) is 24.3 Å². The molecule has 14 heavy (non-hydrogen) atoms. The minimum absolute atomic E-state index is 0.412. The number of hydrogen-bond donors (Lipinski definition) is 1. The number of rotatable bonds is 2. The first-order valence-electron chi connectivity index (χ1n) is 4.50. The highest BCUT2D eigenvalue weighted by Gasteiger charge is 2.12. The summed E-state index contributed by atoms with van der Waals surface area (Å²) in [6.07, 6.45) is 5.31. The van der Waals surface area contributed by atoms with Gasteiger partial charge in [-0.3, -0.25) is 0 Å². The molecule has 0 aliphatic carbocycles. The van der Waals surface area contributed by atoms with Gasteiger partial charge in [0, 0.05) is 13.1 Å². The third kappa shape index (κ3) is 1.80. The Bertz CT molecular complexity index is 370. The van der Waals surface area contributed by atoms with E-state index in [-0.39, 0.29) is 0 Å². The number of hydrogen-bond acceptors (Lipinski definition) is 3. The molecule has 0 atom stereocenters. The zero-order valence-electron chi connectivity index (χ0n) is 7.64. The number of carboxylic acids is 1. The Morgan fingerprint density at radius 1 is 1.43 bits per heavy atom. The maximum Gasteiger partial charge on any atom is 0.345 e. The van der Waals surface area contributed by atoms with Crippen molar-refractivity contribution < 1.29 is 9.90 Å². The molecule has 1 aromatic heterocycles. The van der Waals surface area contributed by atoms with Crippen molar-refractivity contribution in [3.05, 3.63) is 29.2 Å². The lowest BCUT2D eigenvalue weighted by atomic mass is 10.2. The fourth-order valence-corrected chi connectivity index (χ4v) is 2.33. The van der Waals surface area contributed by atoms with Gasteiger partial charge in [-0.2, -0.15) is 0 Å². The summed E-state index contributed by atoms with van der Waals surface area (Å²) in [4.78, 5) is 13.3. The van der Waals surface area contributed by atoms with Crippen molar-refractivity contribution >= 4 is 22.3 Å². The molecule has 0 radical (unpaired) electrons. The molecule has 3 nitrogen and oxygen atoms in total. The molecule has 74 valence electrons. The number of carbonyl (C=O) groups is 1. The lowest BCUT2D eigenvalue weighted by molar-refractivity contribution is 0.0702. The average molecular weight is 209 g/mol. The maximum atomic E-state index is 10.7. The lowest BCUT2D eigenvalue weighted by Gasteiger charge is -2.23. The van der Waals surface area contributed by atoms with Gasteiger partial charge in [0.15, 0.2) is 0 Å². The SMILES string of the molecule is O=C(O)c1ccc(N2CC=CCC2)s1. The van der Waals surface area contributed by atoms with Gasteiger partial charge in [0.05, 0.1) is 5.00 Å². The smallest absolute Gasteiger partial charge is 0.345 e. The number of thiophene rings is 1. The van der Waals surface area contributed by atoms with Crippen molar-refractivity contribution in [2.24, 2.45) is 0 Å². The minimum Gasteiger partial charge on any atom is -0.477 e. The van der Waals surface area contributed by atoms with Crippen LogP contribution >= 0.6 is 11.3 Å². The molecule has 0 bridgehead atoms. The molecule has 1 aliphatic heterocycles. The van der Waals surface area contributed by atoms with Gasteiger partial charge in [-0.05, 0) is 18.6 Å². The minimum atomic E-state index is -0.839. The normalized spacial score (nSPS) is 15.9. The van der Waals surface area contributed by atoms with Crippen LogP contribution in [-0.4, -0.2) is 24.2 Å². The van der Waals surface area contributed by atoms with Crippen LogP contribution in [0.3, 0.4) is 0 Å². The van der Waals surface area contributed by atoms with Crippen molar-refractivity contribution in [1.29, 1.82) is 0 Å². The van der Waals surface area contributed by atoms with Gasteiger partial charge in [0.25, 0.3) is 0 Å². The molecule has 0 aromatic carbocycles. The van der Waals surface area contributed by atoms with Crippen LogP contribution in [0.4, 0.5) is 5.00 Å². The molecular weight excluding hydrogens is 198 g/mol. The molecule has 0 amide bonds. The van der Waals surface area contributed by atoms with E-state index in [1.54, 1.807) is 6.07 Å². The van der Waals surface area contributed by atoms with E-state index >= 15 is 0 Å². The van der Waals surface area contributed by atoms with Crippen molar-refractivity contribution in [3.8, 4) is 0 Å². The van der Waals surface area contributed by atoms with Crippen LogP contribution in [0.25, 0.3) is 0 Å². The zero-order chi connectivity index (χ0) is 9.97. The Kier molecular flexibility index (Phi) is 2.54. The third-order valence-electron chi connectivity index (χ3n) is 2.17. The standard InChI is InChI=1S/C10H11NO2S/c12-10(13)8-4-5-9(14-8)11-6-2-1-3-7-11/h1-2,4-5H,3,6-7H2,(H,12,13). The largest absolute Gasteiger partial charge is 0.477 e. The average Bonchev–Trinajstić information content (AvgIpc) is 2.68. The maximum absolute atomic E-state index is 10.7. The summed E-state index contributed by atoms with van der Waals surface area (Å²) in [6.45, 7) is 1.87. The number of carboxylic acid groups (broad SMARTS) is 1. The Balaban J connectivity index is 2.16. The van der Waals surface area contributed by atoms with Gasteiger partial charge in [0.2, 0.25) is 0 Å². The van der Waals surface area contributed by atoms with Crippen LogP contribution in [0.5, 0.6) is 0 Å². The summed E-state index contributed by atoms with van der Waals surface area (Å²) >= 11 is 1.34. The fourth-order valence-electron chi connectivity index (χ4n) is 1.45. The molecular formula is C10H11NO2S. The molecule has 4 heteroatoms. The monoisotopic (exact) mass is 209 g/mol. The van der Waals surface area contributed by atoms with Gasteiger partial charge in [0.1, 0.15) is 4.88 Å². The summed E-state index contributed by atoms with van der Waals surface area (Å²) in [5, 5.41) is 9.82. The predicted octanol–water partition coefficient (Wildman–Crippen LogP) is 2.21. The van der Waals surface area contributed by atoms with Crippen LogP contribution in [0.1, 0.15) is 16.1 Å². The van der Waals surface area contributed by atoms with E-state index in [1.165, 1.54) is 11.3 Å². The van der Waals surface area contributed by atoms with Crippen LogP contribution in [-0.2, 0) is 0 Å². The second kappa shape index (κ2) is 3.84. The highest BCUT2D eigenvalue weighted by atomic mass is 32.1. The summed E-state index contributed by atoms with van der Waals surface area (Å²) in [6, 6.07) is 3.55. The molecule has 2 heterocycles. The molecule has 0 saturated carbocycles. The molecule has 0 spiro atoms. The van der Waals surface area contributed by atoms with Gasteiger partial charge in [-0.1, -0.05) is 12.2 Å². The van der Waals surface area contributed by atoms with E-state index in [0.29, 0.717) is 4.88 Å². The van der Waals surface area contributed by atoms with Gasteiger partial charge < -0.3 is 10.0 Å². The Labute approximate surface area is 86.3 Å². The number of aromatic carboxylic acids is 1. The zero-order valence-corrected chi connectivity index (χ0v) is 8.46. The van der Waals surface area contributed by atoms with Gasteiger partial charge >= 0.3 is 5.97 Å². The van der Waals surface area contributed by atoms with Crippen LogP contribution < -0.4 is 4.90 Å². The number of anilines is 1. The predicted molar refractivity (Wildman–Crippen MR) is 57.2 cm³/mol. The van der Waals surface area contributed by atoms with Crippen molar-refractivity contribution in [3.63, 3.8) is 0 Å². The van der Waals surface area contributed by atoms with E-state index in [1.807, 2.05) is 6.07 Å². The van der Waals surface area contributed by atoms with E-state index in [0.717, 1.165) is 24.5 Å². The topological polar surface area (TPSA) is 40.5 Å². The van der Waals surface area contributed by atoms with E-state index in [2.05, 4.69) is 17.1 Å². The Morgan fingerprint density at radius 2 is 2.29 bits per heavy atom. The summed E-state index contributed by atoms with van der Waals surface area (Å²) in [5.41, 5.74) is 0. The molecule has 1 N–H and O–H groups in total. The van der Waals surface area contributed by atoms with Crippen molar-refractivity contribution in [2.75, 3.05) is 18.0 Å². The van der Waals surface area contributed by atoms with Crippen LogP contribution in [0.2, 0.25) is 0 Å². The quantitative estimate of drug-likeness (QED) is 0.759. The van der Waals surface area contributed by atoms with Gasteiger partial charge in [-0.25, -0.2) is 4.79 Å². The molecule has 1 aliphatic rings. The van der Waals surface area contributed by atoms with E-state index < -0.39 is 5.97 Å². The summed E-state index contributed by atoms with van der Waals surface area (Å²) in [7, 11) is 0. The molecule has 0 saturated heterocycles. The first-order valence-corrected chi connectivity index (χ1v) is 5.32. The summed E-state index contributed by atoms with van der Waals surface area (Å²) < 4.78 is 0. The van der Waals surface area contributed by atoms with E-state index in [4.69, 9.17) is 5.11 Å². The highest BCUT2D eigenvalue weighted by Crippen LogP contribution is 2.27. The molecule has 0 fully saturated rings. The Morgan fingerprint density at radius 3 is 2.86 bits per heavy atom. The lowest BCUT2D eigenvalue weighted by Crippen LogP contribution is -2.25. The molecule has 2 rings (SSSR count). The second-order valence-corrected chi connectivity index (χ2v) is 4.21.